The SMILES string of the molecule is CC1CN(C(=O)c2ccncc2C=CC(=O)O)CCCO1. The number of hydrogen-bond acceptors (Lipinski definition) is 4. The molecule has 1 fully saturated rings. The van der Waals surface area contributed by atoms with Gasteiger partial charge in [-0.3, -0.25) is 9.78 Å². The minimum Gasteiger partial charge on any atom is -0.478 e. The molecule has 1 unspecified atom stereocenters. The van der Waals surface area contributed by atoms with E-state index in [4.69, 9.17) is 9.84 Å². The maximum absolute atomic E-state index is 12.6. The molecule has 0 radical (unpaired) electrons. The second kappa shape index (κ2) is 6.99. The summed E-state index contributed by atoms with van der Waals surface area (Å²) in [5.74, 6) is -1.19. The molecule has 0 aliphatic carbocycles. The van der Waals surface area contributed by atoms with Gasteiger partial charge < -0.3 is 14.7 Å². The third-order valence-electron chi connectivity index (χ3n) is 3.23. The van der Waals surface area contributed by atoms with Crippen LogP contribution in [0.3, 0.4) is 0 Å². The first kappa shape index (κ1) is 15.2. The topological polar surface area (TPSA) is 79.7 Å². The second-order valence-corrected chi connectivity index (χ2v) is 4.92. The van der Waals surface area contributed by atoms with Crippen LogP contribution in [0.2, 0.25) is 0 Å². The first-order valence-corrected chi connectivity index (χ1v) is 6.84. The molecule has 2 rings (SSSR count). The normalized spacial score (nSPS) is 19.5. The Hall–Kier alpha value is -2.21. The van der Waals surface area contributed by atoms with Crippen molar-refractivity contribution in [3.05, 3.63) is 35.7 Å². The van der Waals surface area contributed by atoms with E-state index in [9.17, 15) is 9.59 Å². The van der Waals surface area contributed by atoms with E-state index in [0.29, 0.717) is 30.8 Å². The molecule has 0 bridgehead atoms. The quantitative estimate of drug-likeness (QED) is 0.852. The monoisotopic (exact) mass is 290 g/mol. The maximum Gasteiger partial charge on any atom is 0.328 e. The van der Waals surface area contributed by atoms with Gasteiger partial charge in [-0.15, -0.1) is 0 Å². The van der Waals surface area contributed by atoms with E-state index in [1.807, 2.05) is 6.92 Å². The lowest BCUT2D eigenvalue weighted by Gasteiger charge is -2.22. The van der Waals surface area contributed by atoms with Crippen LogP contribution < -0.4 is 0 Å². The highest BCUT2D eigenvalue weighted by molar-refractivity contribution is 5.98. The highest BCUT2D eigenvalue weighted by atomic mass is 16.5. The highest BCUT2D eigenvalue weighted by Gasteiger charge is 2.22. The van der Waals surface area contributed by atoms with Gasteiger partial charge in [0.25, 0.3) is 5.91 Å². The highest BCUT2D eigenvalue weighted by Crippen LogP contribution is 2.15. The third-order valence-corrected chi connectivity index (χ3v) is 3.23. The Morgan fingerprint density at radius 1 is 1.52 bits per heavy atom. The fourth-order valence-corrected chi connectivity index (χ4v) is 2.24. The summed E-state index contributed by atoms with van der Waals surface area (Å²) in [4.78, 5) is 28.9. The first-order chi connectivity index (χ1) is 10.1. The van der Waals surface area contributed by atoms with Crippen LogP contribution in [-0.2, 0) is 9.53 Å². The van der Waals surface area contributed by atoms with Gasteiger partial charge >= 0.3 is 5.97 Å². The van der Waals surface area contributed by atoms with Gasteiger partial charge in [0.2, 0.25) is 0 Å². The number of nitrogens with zero attached hydrogens (tertiary/aromatic N) is 2. The molecular formula is C15H18N2O4. The van der Waals surface area contributed by atoms with E-state index in [-0.39, 0.29) is 12.0 Å². The van der Waals surface area contributed by atoms with Gasteiger partial charge in [0, 0.05) is 49.3 Å². The molecule has 0 aromatic carbocycles. The molecule has 0 saturated carbocycles. The van der Waals surface area contributed by atoms with Gasteiger partial charge in [0.15, 0.2) is 0 Å². The number of ether oxygens (including phenoxy) is 1. The third kappa shape index (κ3) is 4.13. The molecular weight excluding hydrogens is 272 g/mol. The number of hydrogen-bond donors (Lipinski definition) is 1. The molecule has 1 aromatic heterocycles. The summed E-state index contributed by atoms with van der Waals surface area (Å²) in [5, 5.41) is 8.71. The molecule has 1 amide bonds. The summed E-state index contributed by atoms with van der Waals surface area (Å²) < 4.78 is 5.53. The molecule has 112 valence electrons. The van der Waals surface area contributed by atoms with Gasteiger partial charge in [-0.25, -0.2) is 4.79 Å². The van der Waals surface area contributed by atoms with E-state index in [1.165, 1.54) is 18.5 Å². The van der Waals surface area contributed by atoms with Crippen LogP contribution in [0.1, 0.15) is 29.3 Å². The Balaban J connectivity index is 2.24. The Labute approximate surface area is 123 Å². The maximum atomic E-state index is 12.6. The minimum atomic E-state index is -1.06. The van der Waals surface area contributed by atoms with Crippen LogP contribution in [0, 0.1) is 0 Å². The summed E-state index contributed by atoms with van der Waals surface area (Å²) in [7, 11) is 0. The van der Waals surface area contributed by atoms with Crippen LogP contribution in [0.25, 0.3) is 6.08 Å². The molecule has 21 heavy (non-hydrogen) atoms. The van der Waals surface area contributed by atoms with Crippen LogP contribution in [0.5, 0.6) is 0 Å². The van der Waals surface area contributed by atoms with Gasteiger partial charge in [-0.2, -0.15) is 0 Å². The van der Waals surface area contributed by atoms with Crippen molar-refractivity contribution in [3.8, 4) is 0 Å². The van der Waals surface area contributed by atoms with Crippen molar-refractivity contribution < 1.29 is 19.4 Å². The number of aromatic nitrogens is 1. The van der Waals surface area contributed by atoms with E-state index < -0.39 is 5.97 Å². The van der Waals surface area contributed by atoms with Crippen molar-refractivity contribution in [2.75, 3.05) is 19.7 Å². The fraction of sp³-hybridized carbons (Fsp3) is 0.400. The minimum absolute atomic E-state index is 0.00343. The summed E-state index contributed by atoms with van der Waals surface area (Å²) in [6.07, 6.45) is 6.20. The number of pyridine rings is 1. The lowest BCUT2D eigenvalue weighted by atomic mass is 10.1. The van der Waals surface area contributed by atoms with Crippen LogP contribution in [-0.4, -0.2) is 52.7 Å². The Kier molecular flexibility index (Phi) is 5.05. The zero-order valence-electron chi connectivity index (χ0n) is 11.9. The van der Waals surface area contributed by atoms with Gasteiger partial charge in [-0.1, -0.05) is 0 Å². The van der Waals surface area contributed by atoms with Crippen molar-refractivity contribution >= 4 is 18.0 Å². The number of aliphatic carboxylic acids is 1. The van der Waals surface area contributed by atoms with Gasteiger partial charge in [-0.05, 0) is 25.5 Å². The molecule has 0 spiro atoms. The van der Waals surface area contributed by atoms with Crippen molar-refractivity contribution in [3.63, 3.8) is 0 Å². The lowest BCUT2D eigenvalue weighted by Crippen LogP contribution is -2.36. The molecule has 1 aliphatic heterocycles. The van der Waals surface area contributed by atoms with Crippen molar-refractivity contribution in [1.29, 1.82) is 0 Å². The van der Waals surface area contributed by atoms with Crippen molar-refractivity contribution in [1.82, 2.24) is 9.88 Å². The first-order valence-electron chi connectivity index (χ1n) is 6.84. The summed E-state index contributed by atoms with van der Waals surface area (Å²) >= 11 is 0. The van der Waals surface area contributed by atoms with Crippen molar-refractivity contribution in [2.24, 2.45) is 0 Å². The predicted octanol–water partition coefficient (Wildman–Crippen LogP) is 1.43. The molecule has 1 atom stereocenters. The predicted molar refractivity (Wildman–Crippen MR) is 76.8 cm³/mol. The molecule has 1 saturated heterocycles. The number of rotatable bonds is 3. The Morgan fingerprint density at radius 2 is 2.33 bits per heavy atom. The van der Waals surface area contributed by atoms with Gasteiger partial charge in [0.05, 0.1) is 6.10 Å². The fourth-order valence-electron chi connectivity index (χ4n) is 2.24. The standard InChI is InChI=1S/C15H18N2O4/c1-11-10-17(7-2-8-21-11)15(20)13-5-6-16-9-12(13)3-4-14(18)19/h3-6,9,11H,2,7-8,10H2,1H3,(H,18,19). The summed E-state index contributed by atoms with van der Waals surface area (Å²) in [6.45, 7) is 3.74. The smallest absolute Gasteiger partial charge is 0.328 e. The zero-order valence-corrected chi connectivity index (χ0v) is 11.9. The molecule has 6 nitrogen and oxygen atoms in total. The molecule has 6 heteroatoms. The number of carboxylic acid groups (broad SMARTS) is 1. The Bertz CT molecular complexity index is 556. The molecule has 1 N–H and O–H groups in total. The second-order valence-electron chi connectivity index (χ2n) is 4.92. The zero-order chi connectivity index (χ0) is 15.2. The van der Waals surface area contributed by atoms with E-state index in [0.717, 1.165) is 12.5 Å². The van der Waals surface area contributed by atoms with Crippen LogP contribution in [0.15, 0.2) is 24.5 Å². The van der Waals surface area contributed by atoms with E-state index >= 15 is 0 Å². The average molecular weight is 290 g/mol. The average Bonchev–Trinajstić information content (AvgIpc) is 2.69. The largest absolute Gasteiger partial charge is 0.478 e. The number of carbonyl (C=O) groups is 2. The summed E-state index contributed by atoms with van der Waals surface area (Å²) in [5.41, 5.74) is 0.958. The summed E-state index contributed by atoms with van der Waals surface area (Å²) in [6, 6.07) is 1.61. The molecule has 2 heterocycles. The molecule has 1 aliphatic rings. The Morgan fingerprint density at radius 3 is 3.10 bits per heavy atom. The van der Waals surface area contributed by atoms with E-state index in [2.05, 4.69) is 4.98 Å². The number of carboxylic acids is 1. The van der Waals surface area contributed by atoms with Crippen LogP contribution in [0.4, 0.5) is 0 Å². The molecule has 1 aromatic rings. The number of amides is 1. The van der Waals surface area contributed by atoms with Gasteiger partial charge in [0.1, 0.15) is 0 Å². The van der Waals surface area contributed by atoms with Crippen LogP contribution >= 0.6 is 0 Å². The number of carbonyl (C=O) groups excluding carboxylic acids is 1. The lowest BCUT2D eigenvalue weighted by molar-refractivity contribution is -0.131. The van der Waals surface area contributed by atoms with E-state index in [1.54, 1.807) is 11.0 Å². The van der Waals surface area contributed by atoms with Crippen molar-refractivity contribution in [2.45, 2.75) is 19.4 Å².